The van der Waals surface area contributed by atoms with Crippen molar-refractivity contribution in [1.82, 2.24) is 4.75 Å². The van der Waals surface area contributed by atoms with E-state index in [1.165, 1.54) is 21.1 Å². The summed E-state index contributed by atoms with van der Waals surface area (Å²) in [6, 6.07) is 0. The second kappa shape index (κ2) is 32.3. The molecule has 1 N–H and O–H groups in total. The summed E-state index contributed by atoms with van der Waals surface area (Å²) >= 11 is 0. The van der Waals surface area contributed by atoms with Crippen LogP contribution in [0.1, 0.15) is 0 Å². The molecule has 0 bridgehead atoms. The van der Waals surface area contributed by atoms with Gasteiger partial charge in [-0.3, -0.25) is 7.29 Å². The van der Waals surface area contributed by atoms with Gasteiger partial charge in [0.25, 0.3) is 0 Å². The van der Waals surface area contributed by atoms with Gasteiger partial charge in [-0.15, -0.1) is 0 Å². The molecule has 0 saturated carbocycles. The molecule has 0 aliphatic rings. The molecule has 0 aromatic heterocycles. The van der Waals surface area contributed by atoms with Gasteiger partial charge in [0.1, 0.15) is 8.24 Å². The van der Waals surface area contributed by atoms with Gasteiger partial charge in [-0.2, -0.15) is 21.1 Å². The van der Waals surface area contributed by atoms with Crippen molar-refractivity contribution in [3.63, 3.8) is 0 Å². The Labute approximate surface area is 370 Å². The van der Waals surface area contributed by atoms with Crippen molar-refractivity contribution >= 4 is 54.8 Å². The largest absolute Gasteiger partial charge is 1.00 e. The number of hydrogen-bond donors (Lipinski definition) is 1. The van der Waals surface area contributed by atoms with Crippen LogP contribution in [-0.2, 0) is 18.3 Å². The van der Waals surface area contributed by atoms with Gasteiger partial charge in [0.05, 0.1) is 0 Å². The maximum atomic E-state index is 12.6. The molecule has 0 heterocycles. The first kappa shape index (κ1) is 77.9. The summed E-state index contributed by atoms with van der Waals surface area (Å²) in [6.45, 7) is 24.3. The molecule has 28 heteroatoms. The first-order valence-electron chi connectivity index (χ1n) is 9.93. The van der Waals surface area contributed by atoms with Crippen LogP contribution >= 0.6 is 30.1 Å². The summed E-state index contributed by atoms with van der Waals surface area (Å²) in [4.78, 5) is 7.45. The van der Waals surface area contributed by atoms with Crippen molar-refractivity contribution in [2.45, 2.75) is 58.9 Å². The van der Waals surface area contributed by atoms with Crippen molar-refractivity contribution < 1.29 is 188 Å². The van der Waals surface area contributed by atoms with Crippen molar-refractivity contribution in [3.8, 4) is 0 Å². The summed E-state index contributed by atoms with van der Waals surface area (Å²) in [7, 11) is -15.3. The third kappa shape index (κ3) is 46.6. The molecule has 12 nitrogen and oxygen atoms in total. The van der Waals surface area contributed by atoms with Crippen molar-refractivity contribution in [3.05, 3.63) is 47.8 Å². The molecular weight excluding hydrogens is 615 g/mol. The summed E-state index contributed by atoms with van der Waals surface area (Å²) in [5.74, 6) is 0. The van der Waals surface area contributed by atoms with Crippen LogP contribution < -0.4 is 174 Å². The molecule has 0 amide bonds. The van der Waals surface area contributed by atoms with Gasteiger partial charge in [0.15, 0.2) is 0 Å². The second-order valence-corrected chi connectivity index (χ2v) is 33.2. The monoisotopic (exact) mass is 656 g/mol. The SMILES string of the molecule is C[N-]P(=O)([N-]C)[N-]P(=O)([N-]C)[N-][Si](C)(C)C.[CH2-]P([CH2-])(=O)[N-]P(=O)([N-][Si](C)(C)C)N[Si](C)(C)C.[Li+].[Li+].[Li+].[Li+].[Li+].[Li+].[Li+].[Li+].[Li+]. The van der Waals surface area contributed by atoms with Crippen LogP contribution in [0.25, 0.3) is 34.5 Å². The summed E-state index contributed by atoms with van der Waals surface area (Å²) in [5.41, 5.74) is 0. The van der Waals surface area contributed by atoms with Crippen molar-refractivity contribution in [2.24, 2.45) is 0 Å². The number of nitrogens with zero attached hydrogens (tertiary/aromatic N) is 7. The third-order valence-corrected chi connectivity index (χ3v) is 19.1. The van der Waals surface area contributed by atoms with Crippen LogP contribution in [0, 0.1) is 13.3 Å². The van der Waals surface area contributed by atoms with E-state index in [-0.39, 0.29) is 170 Å². The molecule has 0 aromatic carbocycles. The fourth-order valence-corrected chi connectivity index (χ4v) is 18.6. The van der Waals surface area contributed by atoms with Gasteiger partial charge in [0, 0.05) is 0 Å². The molecule has 0 saturated heterocycles. The van der Waals surface area contributed by atoms with Crippen molar-refractivity contribution in [1.29, 1.82) is 0 Å². The van der Waals surface area contributed by atoms with Crippen LogP contribution in [0.2, 0.25) is 58.9 Å². The van der Waals surface area contributed by atoms with E-state index in [0.29, 0.717) is 0 Å². The van der Waals surface area contributed by atoms with Crippen LogP contribution in [-0.4, -0.2) is 45.8 Å². The minimum atomic E-state index is -3.49. The summed E-state index contributed by atoms with van der Waals surface area (Å²) in [6.07, 6.45) is 0. The van der Waals surface area contributed by atoms with Gasteiger partial charge in [-0.1, -0.05) is 75.4 Å². The van der Waals surface area contributed by atoms with E-state index >= 15 is 0 Å². The van der Waals surface area contributed by atoms with Gasteiger partial charge in [-0.05, 0) is 7.59 Å². The van der Waals surface area contributed by atoms with Crippen LogP contribution in [0.5, 0.6) is 0 Å². The Bertz CT molecular complexity index is 811. The fraction of sp³-hybridized carbons (Fsp3) is 0.857. The predicted molar refractivity (Wildman–Crippen MR) is 156 cm³/mol. The van der Waals surface area contributed by atoms with E-state index in [1.54, 1.807) is 0 Å². The van der Waals surface area contributed by atoms with E-state index in [9.17, 15) is 18.3 Å². The minimum absolute atomic E-state index is 0. The molecule has 2 atom stereocenters. The van der Waals surface area contributed by atoms with E-state index in [4.69, 9.17) is 0 Å². The Hall–Kier alpha value is 6.63. The zero-order chi connectivity index (χ0) is 27.2. The zero-order valence-electron chi connectivity index (χ0n) is 31.0. The molecule has 2 unspecified atom stereocenters. The normalized spacial score (nSPS) is 13.8. The van der Waals surface area contributed by atoms with Crippen molar-refractivity contribution in [2.75, 3.05) is 21.1 Å². The Morgan fingerprint density at radius 2 is 0.786 bits per heavy atom. The Morgan fingerprint density at radius 3 is 0.976 bits per heavy atom. The number of nitrogens with one attached hydrogen (secondary N) is 1. The minimum Gasteiger partial charge on any atom is -0.639 e. The van der Waals surface area contributed by atoms with Gasteiger partial charge >= 0.3 is 170 Å². The average Bonchev–Trinajstić information content (AvgIpc) is 2.47. The topological polar surface area (TPSA) is 179 Å². The average molecular weight is 656 g/mol. The van der Waals surface area contributed by atoms with Crippen LogP contribution in [0.3, 0.4) is 0 Å². The van der Waals surface area contributed by atoms with E-state index in [1.807, 2.05) is 58.9 Å². The Balaban J connectivity index is -0.0000000419. The number of rotatable bonds is 13. The molecule has 0 aromatic rings. The standard InChI is InChI=1S/C8H23N3O2P2Si2.C6H18N5O2P2Si.9Li/c1-14(2,12)9-15(13,10-16(3,4)5)11-17(6,7)8;1-7-14(12,8-2)10-15(13,9-3)11-16(4,5)6;;;;;;;;;/h1-2H2,3-8H3,(H-2,9,10,11,12,13);1-6H3;;;;;;;;;/q-4;-5;9*+1. The molecular formula is C14H41Li9N8O4P4Si3. The Kier molecular flexibility index (Phi) is 59.9. The molecule has 0 fully saturated rings. The van der Waals surface area contributed by atoms with Gasteiger partial charge < -0.3 is 70.8 Å². The molecule has 202 valence electrons. The third-order valence-electron chi connectivity index (χ3n) is 2.65. The first-order chi connectivity index (χ1) is 14.2. The smallest absolute Gasteiger partial charge is 0.639 e. The van der Waals surface area contributed by atoms with Crippen LogP contribution in [0.15, 0.2) is 0 Å². The van der Waals surface area contributed by atoms with E-state index in [0.717, 1.165) is 0 Å². The molecule has 42 heavy (non-hydrogen) atoms. The maximum absolute atomic E-state index is 12.6. The van der Waals surface area contributed by atoms with E-state index < -0.39 is 54.8 Å². The second-order valence-electron chi connectivity index (χ2n) is 10.1. The maximum Gasteiger partial charge on any atom is 1.00 e. The molecule has 0 radical (unpaired) electrons. The molecule has 0 rings (SSSR count). The quantitative estimate of drug-likeness (QED) is 0.117. The summed E-state index contributed by atoms with van der Waals surface area (Å²) < 4.78 is 59.6. The van der Waals surface area contributed by atoms with Gasteiger partial charge in [-0.25, -0.2) is 15.2 Å². The first-order valence-corrected chi connectivity index (χ1v) is 27.1. The molecule has 0 aliphatic carbocycles. The fourth-order valence-electron chi connectivity index (χ4n) is 1.95. The van der Waals surface area contributed by atoms with Crippen LogP contribution in [0.4, 0.5) is 0 Å². The molecule has 0 aliphatic heterocycles. The van der Waals surface area contributed by atoms with Gasteiger partial charge in [0.2, 0.25) is 0 Å². The Morgan fingerprint density at radius 1 is 0.500 bits per heavy atom. The summed E-state index contributed by atoms with van der Waals surface area (Å²) in [5, 5.41) is 10.7. The van der Waals surface area contributed by atoms with E-state index in [2.05, 4.69) is 52.6 Å². The zero-order valence-corrected chi connectivity index (χ0v) is 37.5. The predicted octanol–water partition coefficient (Wildman–Crippen LogP) is -17.2. The molecule has 0 spiro atoms. The number of hydrogen-bond acceptors (Lipinski definition) is 4.